The minimum Gasteiger partial charge on any atom is -0.383 e. The standard InChI is InChI=1S/C23H23N7O3S/c1-3-34(32,33)30-12-15(9-27-30)16-8-17(16)23(31)29-21-7-14-6-20(18-10-25-5-4-13(18)2)28-22(24)19(14)11-26-21/h4-7,9-12,16-17H,3,8H2,1-2H3,(H2,24,28)(H,26,29,31)/t16-,17?/m1/s1. The average molecular weight is 478 g/mol. The van der Waals surface area contributed by atoms with Crippen molar-refractivity contribution in [2.45, 2.75) is 26.2 Å². The van der Waals surface area contributed by atoms with Crippen molar-refractivity contribution in [3.63, 3.8) is 0 Å². The molecule has 10 nitrogen and oxygen atoms in total. The van der Waals surface area contributed by atoms with E-state index in [-0.39, 0.29) is 23.5 Å². The molecule has 34 heavy (non-hydrogen) atoms. The number of anilines is 2. The van der Waals surface area contributed by atoms with E-state index in [1.54, 1.807) is 31.6 Å². The lowest BCUT2D eigenvalue weighted by molar-refractivity contribution is -0.117. The van der Waals surface area contributed by atoms with Gasteiger partial charge in [-0.1, -0.05) is 0 Å². The lowest BCUT2D eigenvalue weighted by atomic mass is 10.1. The lowest BCUT2D eigenvalue weighted by Crippen LogP contribution is -2.16. The van der Waals surface area contributed by atoms with Gasteiger partial charge >= 0.3 is 0 Å². The molecule has 0 saturated heterocycles. The number of rotatable bonds is 6. The average Bonchev–Trinajstić information content (AvgIpc) is 3.46. The van der Waals surface area contributed by atoms with Crippen molar-refractivity contribution in [2.24, 2.45) is 5.92 Å². The summed E-state index contributed by atoms with van der Waals surface area (Å²) in [5, 5.41) is 8.30. The van der Waals surface area contributed by atoms with Gasteiger partial charge in [0.25, 0.3) is 10.0 Å². The van der Waals surface area contributed by atoms with Gasteiger partial charge < -0.3 is 11.1 Å². The molecular weight excluding hydrogens is 454 g/mol. The van der Waals surface area contributed by atoms with E-state index in [1.165, 1.54) is 12.4 Å². The van der Waals surface area contributed by atoms with Crippen LogP contribution in [0.1, 0.15) is 30.4 Å². The topological polar surface area (TPSA) is 146 Å². The van der Waals surface area contributed by atoms with Crippen LogP contribution in [0.25, 0.3) is 22.0 Å². The molecular formula is C23H23N7O3S. The number of aromatic nitrogens is 5. The molecule has 0 bridgehead atoms. The number of hydrogen-bond acceptors (Lipinski definition) is 8. The Bertz CT molecular complexity index is 1530. The van der Waals surface area contributed by atoms with Crippen LogP contribution in [0.2, 0.25) is 0 Å². The summed E-state index contributed by atoms with van der Waals surface area (Å²) in [6.45, 7) is 3.54. The summed E-state index contributed by atoms with van der Waals surface area (Å²) < 4.78 is 24.9. The van der Waals surface area contributed by atoms with Gasteiger partial charge in [-0.15, -0.1) is 0 Å². The van der Waals surface area contributed by atoms with Crippen LogP contribution in [0.3, 0.4) is 0 Å². The van der Waals surface area contributed by atoms with E-state index in [1.807, 2.05) is 19.1 Å². The van der Waals surface area contributed by atoms with Gasteiger partial charge in [0.05, 0.1) is 17.6 Å². The fourth-order valence-corrected chi connectivity index (χ4v) is 4.72. The van der Waals surface area contributed by atoms with Gasteiger partial charge in [0.2, 0.25) is 5.91 Å². The van der Waals surface area contributed by atoms with Crippen molar-refractivity contribution in [3.05, 3.63) is 60.3 Å². The number of fused-ring (bicyclic) bond motifs is 1. The van der Waals surface area contributed by atoms with Crippen molar-refractivity contribution in [3.8, 4) is 11.3 Å². The third-order valence-electron chi connectivity index (χ3n) is 6.10. The summed E-state index contributed by atoms with van der Waals surface area (Å²) in [6, 6.07) is 5.57. The number of carbonyl (C=O) groups is 1. The molecule has 4 aromatic heterocycles. The number of nitrogens with zero attached hydrogens (tertiary/aromatic N) is 5. The number of nitrogens with two attached hydrogens (primary N) is 1. The Hall–Kier alpha value is -3.86. The SMILES string of the molecule is CCS(=O)(=O)n1cc([C@H]2CC2C(=O)Nc2cc3cc(-c4cnccc4C)nc(N)c3cn2)cn1. The maximum absolute atomic E-state index is 12.8. The number of pyridine rings is 3. The molecule has 1 saturated carbocycles. The molecule has 0 aromatic carbocycles. The maximum atomic E-state index is 12.8. The van der Waals surface area contributed by atoms with Crippen LogP contribution in [0.5, 0.6) is 0 Å². The van der Waals surface area contributed by atoms with Crippen molar-refractivity contribution >= 4 is 38.3 Å². The van der Waals surface area contributed by atoms with Gasteiger partial charge in [-0.2, -0.15) is 9.19 Å². The van der Waals surface area contributed by atoms with E-state index >= 15 is 0 Å². The monoisotopic (exact) mass is 477 g/mol. The number of aryl methyl sites for hydroxylation is 1. The number of nitrogen functional groups attached to an aromatic ring is 1. The van der Waals surface area contributed by atoms with Gasteiger partial charge in [-0.25, -0.2) is 18.4 Å². The van der Waals surface area contributed by atoms with Crippen LogP contribution in [-0.4, -0.2) is 44.2 Å². The number of nitrogens with one attached hydrogen (secondary N) is 1. The summed E-state index contributed by atoms with van der Waals surface area (Å²) in [5.41, 5.74) is 9.51. The second-order valence-electron chi connectivity index (χ2n) is 8.36. The number of amides is 1. The zero-order valence-electron chi connectivity index (χ0n) is 18.6. The summed E-state index contributed by atoms with van der Waals surface area (Å²) in [6.07, 6.45) is 8.68. The molecule has 1 aliphatic carbocycles. The quantitative estimate of drug-likeness (QED) is 0.431. The smallest absolute Gasteiger partial charge is 0.253 e. The second kappa shape index (κ2) is 8.17. The first kappa shape index (κ1) is 22.0. The van der Waals surface area contributed by atoms with E-state index in [0.717, 1.165) is 26.2 Å². The van der Waals surface area contributed by atoms with Gasteiger partial charge in [0.1, 0.15) is 11.6 Å². The molecule has 1 amide bonds. The molecule has 0 radical (unpaired) electrons. The molecule has 11 heteroatoms. The van der Waals surface area contributed by atoms with Crippen LogP contribution in [-0.2, 0) is 14.8 Å². The van der Waals surface area contributed by atoms with Crippen LogP contribution in [0.15, 0.2) is 49.2 Å². The van der Waals surface area contributed by atoms with Crippen molar-refractivity contribution in [1.82, 2.24) is 24.1 Å². The maximum Gasteiger partial charge on any atom is 0.253 e. The highest BCUT2D eigenvalue weighted by Gasteiger charge is 2.45. The van der Waals surface area contributed by atoms with Crippen molar-refractivity contribution < 1.29 is 13.2 Å². The van der Waals surface area contributed by atoms with Gasteiger partial charge in [-0.3, -0.25) is 9.78 Å². The molecule has 2 atom stereocenters. The highest BCUT2D eigenvalue weighted by molar-refractivity contribution is 7.89. The van der Waals surface area contributed by atoms with Crippen molar-refractivity contribution in [2.75, 3.05) is 16.8 Å². The van der Waals surface area contributed by atoms with Crippen LogP contribution in [0, 0.1) is 12.8 Å². The van der Waals surface area contributed by atoms with Crippen LogP contribution < -0.4 is 11.1 Å². The number of hydrogen-bond donors (Lipinski definition) is 2. The molecule has 3 N–H and O–H groups in total. The van der Waals surface area contributed by atoms with E-state index in [9.17, 15) is 13.2 Å². The zero-order chi connectivity index (χ0) is 24.0. The highest BCUT2D eigenvalue weighted by Crippen LogP contribution is 2.48. The lowest BCUT2D eigenvalue weighted by Gasteiger charge is -2.10. The minimum atomic E-state index is -3.44. The highest BCUT2D eigenvalue weighted by atomic mass is 32.2. The predicted octanol–water partition coefficient (Wildman–Crippen LogP) is 2.72. The fourth-order valence-electron chi connectivity index (χ4n) is 3.98. The van der Waals surface area contributed by atoms with Gasteiger partial charge in [0, 0.05) is 41.7 Å². The summed E-state index contributed by atoms with van der Waals surface area (Å²) in [4.78, 5) is 25.8. The van der Waals surface area contributed by atoms with Crippen LogP contribution in [0.4, 0.5) is 11.6 Å². The molecule has 1 unspecified atom stereocenters. The summed E-state index contributed by atoms with van der Waals surface area (Å²) >= 11 is 0. The molecule has 5 rings (SSSR count). The first-order valence-electron chi connectivity index (χ1n) is 10.8. The van der Waals surface area contributed by atoms with Crippen molar-refractivity contribution in [1.29, 1.82) is 0 Å². The first-order chi connectivity index (χ1) is 16.3. The molecule has 4 heterocycles. The molecule has 1 aliphatic rings. The zero-order valence-corrected chi connectivity index (χ0v) is 19.5. The van der Waals surface area contributed by atoms with Crippen LogP contribution >= 0.6 is 0 Å². The summed E-state index contributed by atoms with van der Waals surface area (Å²) in [5.74, 6) is 0.206. The third kappa shape index (κ3) is 3.98. The fraction of sp³-hybridized carbons (Fsp3) is 0.261. The molecule has 0 spiro atoms. The van der Waals surface area contributed by atoms with E-state index in [0.29, 0.717) is 29.1 Å². The first-order valence-corrected chi connectivity index (χ1v) is 12.4. The second-order valence-corrected chi connectivity index (χ2v) is 10.5. The van der Waals surface area contributed by atoms with E-state index < -0.39 is 10.0 Å². The molecule has 1 fully saturated rings. The Balaban J connectivity index is 1.35. The number of carbonyl (C=O) groups excluding carboxylic acids is 1. The van der Waals surface area contributed by atoms with Gasteiger partial charge in [-0.05, 0) is 60.9 Å². The largest absolute Gasteiger partial charge is 0.383 e. The molecule has 174 valence electrons. The molecule has 4 aromatic rings. The predicted molar refractivity (Wildman–Crippen MR) is 128 cm³/mol. The third-order valence-corrected chi connectivity index (χ3v) is 7.60. The Kier molecular flexibility index (Phi) is 5.28. The Morgan fingerprint density at radius 3 is 2.85 bits per heavy atom. The normalized spacial score (nSPS) is 17.6. The van der Waals surface area contributed by atoms with Gasteiger partial charge in [0.15, 0.2) is 0 Å². The van der Waals surface area contributed by atoms with E-state index in [4.69, 9.17) is 5.73 Å². The minimum absolute atomic E-state index is 0.0432. The van der Waals surface area contributed by atoms with E-state index in [2.05, 4.69) is 25.4 Å². The summed E-state index contributed by atoms with van der Waals surface area (Å²) in [7, 11) is -3.44. The Morgan fingerprint density at radius 1 is 1.26 bits per heavy atom. The Labute approximate surface area is 196 Å². The molecule has 0 aliphatic heterocycles. The Morgan fingerprint density at radius 2 is 2.09 bits per heavy atom.